The molecule has 94 valence electrons. The van der Waals surface area contributed by atoms with Crippen LogP contribution in [0.5, 0.6) is 0 Å². The molecule has 1 aliphatic carbocycles. The van der Waals surface area contributed by atoms with E-state index >= 15 is 0 Å². The molecule has 0 radical (unpaired) electrons. The second-order valence-electron chi connectivity index (χ2n) is 4.94. The maximum absolute atomic E-state index is 5.66. The monoisotopic (exact) mass is 232 g/mol. The van der Waals surface area contributed by atoms with Crippen molar-refractivity contribution >= 4 is 0 Å². The van der Waals surface area contributed by atoms with Crippen molar-refractivity contribution in [1.29, 1.82) is 0 Å². The van der Waals surface area contributed by atoms with E-state index in [0.29, 0.717) is 12.2 Å². The predicted octanol–water partition coefficient (Wildman–Crippen LogP) is 4.56. The molecule has 2 atom stereocenters. The quantitative estimate of drug-likeness (QED) is 0.440. The molecule has 1 aliphatic heterocycles. The minimum absolute atomic E-state index is 0.556. The third-order valence-corrected chi connectivity index (χ3v) is 3.42. The summed E-state index contributed by atoms with van der Waals surface area (Å²) in [5, 5.41) is 0. The highest BCUT2D eigenvalue weighted by Gasteiger charge is 2.36. The van der Waals surface area contributed by atoms with E-state index in [2.05, 4.69) is 36.5 Å². The molecule has 0 aromatic carbocycles. The summed E-state index contributed by atoms with van der Waals surface area (Å²) in [6, 6.07) is 0. The first-order valence-electron chi connectivity index (χ1n) is 7.07. The predicted molar refractivity (Wildman–Crippen MR) is 73.0 cm³/mol. The molecule has 1 fully saturated rings. The Morgan fingerprint density at radius 3 is 1.29 bits per heavy atom. The van der Waals surface area contributed by atoms with Crippen molar-refractivity contribution in [3.8, 4) is 0 Å². The Morgan fingerprint density at radius 2 is 0.882 bits per heavy atom. The molecule has 0 spiro atoms. The van der Waals surface area contributed by atoms with Gasteiger partial charge < -0.3 is 4.74 Å². The summed E-state index contributed by atoms with van der Waals surface area (Å²) < 4.78 is 5.66. The van der Waals surface area contributed by atoms with Crippen molar-refractivity contribution in [3.63, 3.8) is 0 Å². The van der Waals surface area contributed by atoms with Crippen LogP contribution in [0.15, 0.2) is 36.5 Å². The minimum atomic E-state index is 0.556. The maximum Gasteiger partial charge on any atom is 0.0845 e. The third kappa shape index (κ3) is 5.36. The average molecular weight is 232 g/mol. The second kappa shape index (κ2) is 7.50. The van der Waals surface area contributed by atoms with Gasteiger partial charge in [0.25, 0.3) is 0 Å². The lowest BCUT2D eigenvalue weighted by atomic mass is 10.1. The summed E-state index contributed by atoms with van der Waals surface area (Å²) in [4.78, 5) is 0. The van der Waals surface area contributed by atoms with Crippen molar-refractivity contribution in [1.82, 2.24) is 0 Å². The standard InChI is InChI=1S/C16H24O/c1-2-4-6-8-10-12-14-16-15(17-16)13-11-9-7-5-3-1/h1-2,7-10,15-16H,3-6,11-14H2. The zero-order chi connectivity index (χ0) is 11.8. The van der Waals surface area contributed by atoms with Gasteiger partial charge in [-0.05, 0) is 51.4 Å². The fraction of sp³-hybridized carbons (Fsp3) is 0.625. The SMILES string of the molecule is C1=CCCC=CCCC2OC2CCC=CCC1. The Labute approximate surface area is 105 Å². The molecule has 1 heterocycles. The molecule has 17 heavy (non-hydrogen) atoms. The number of ether oxygens (including phenoxy) is 1. The van der Waals surface area contributed by atoms with E-state index in [4.69, 9.17) is 4.74 Å². The minimum Gasteiger partial charge on any atom is -0.370 e. The first kappa shape index (κ1) is 12.6. The van der Waals surface area contributed by atoms with Crippen LogP contribution in [0.4, 0.5) is 0 Å². The van der Waals surface area contributed by atoms with E-state index in [9.17, 15) is 0 Å². The number of fused-ring (bicyclic) bond motifs is 1. The summed E-state index contributed by atoms with van der Waals surface area (Å²) >= 11 is 0. The molecule has 1 nitrogen and oxygen atoms in total. The largest absolute Gasteiger partial charge is 0.370 e. The molecular formula is C16H24O. The fourth-order valence-corrected chi connectivity index (χ4v) is 2.30. The van der Waals surface area contributed by atoms with Gasteiger partial charge in [0.05, 0.1) is 12.2 Å². The summed E-state index contributed by atoms with van der Waals surface area (Å²) in [6.07, 6.45) is 24.5. The van der Waals surface area contributed by atoms with Crippen molar-refractivity contribution in [3.05, 3.63) is 36.5 Å². The number of rotatable bonds is 0. The Morgan fingerprint density at radius 1 is 0.529 bits per heavy atom. The smallest absolute Gasteiger partial charge is 0.0845 e. The Kier molecular flexibility index (Phi) is 5.57. The van der Waals surface area contributed by atoms with Gasteiger partial charge in [-0.25, -0.2) is 0 Å². The van der Waals surface area contributed by atoms with E-state index in [1.807, 2.05) is 0 Å². The summed E-state index contributed by atoms with van der Waals surface area (Å²) in [5.41, 5.74) is 0. The van der Waals surface area contributed by atoms with E-state index in [1.165, 1.54) is 51.4 Å². The van der Waals surface area contributed by atoms with E-state index in [-0.39, 0.29) is 0 Å². The number of hydrogen-bond donors (Lipinski definition) is 0. The van der Waals surface area contributed by atoms with Gasteiger partial charge >= 0.3 is 0 Å². The van der Waals surface area contributed by atoms with Gasteiger partial charge in [0.1, 0.15) is 0 Å². The zero-order valence-corrected chi connectivity index (χ0v) is 10.7. The molecule has 0 aromatic heterocycles. The van der Waals surface area contributed by atoms with Crippen molar-refractivity contribution in [2.45, 2.75) is 63.6 Å². The van der Waals surface area contributed by atoms with Crippen LogP contribution >= 0.6 is 0 Å². The molecule has 0 aromatic rings. The van der Waals surface area contributed by atoms with E-state index in [1.54, 1.807) is 0 Å². The lowest BCUT2D eigenvalue weighted by Gasteiger charge is -1.93. The summed E-state index contributed by atoms with van der Waals surface area (Å²) in [7, 11) is 0. The first-order chi connectivity index (χ1) is 8.47. The molecule has 1 saturated heterocycles. The first-order valence-corrected chi connectivity index (χ1v) is 7.07. The molecular weight excluding hydrogens is 208 g/mol. The number of epoxide rings is 1. The van der Waals surface area contributed by atoms with Crippen LogP contribution < -0.4 is 0 Å². The van der Waals surface area contributed by atoms with Gasteiger partial charge in [-0.3, -0.25) is 0 Å². The zero-order valence-electron chi connectivity index (χ0n) is 10.7. The molecule has 0 N–H and O–H groups in total. The second-order valence-corrected chi connectivity index (χ2v) is 4.94. The Bertz CT molecular complexity index is 260. The maximum atomic E-state index is 5.66. The van der Waals surface area contributed by atoms with Crippen LogP contribution in [-0.2, 0) is 4.74 Å². The molecule has 0 amide bonds. The van der Waals surface area contributed by atoms with E-state index in [0.717, 1.165) is 0 Å². The Balaban J connectivity index is 1.74. The van der Waals surface area contributed by atoms with Crippen molar-refractivity contribution in [2.75, 3.05) is 0 Å². The highest BCUT2D eigenvalue weighted by molar-refractivity contribution is 4.94. The molecule has 1 heteroatoms. The highest BCUT2D eigenvalue weighted by atomic mass is 16.6. The van der Waals surface area contributed by atoms with Crippen LogP contribution in [0.2, 0.25) is 0 Å². The van der Waals surface area contributed by atoms with Crippen molar-refractivity contribution < 1.29 is 4.74 Å². The topological polar surface area (TPSA) is 12.5 Å². The van der Waals surface area contributed by atoms with Gasteiger partial charge in [0.2, 0.25) is 0 Å². The molecule has 2 rings (SSSR count). The molecule has 0 bridgehead atoms. The van der Waals surface area contributed by atoms with Crippen molar-refractivity contribution in [2.24, 2.45) is 0 Å². The fourth-order valence-electron chi connectivity index (χ4n) is 2.30. The molecule has 0 saturated carbocycles. The summed E-state index contributed by atoms with van der Waals surface area (Å²) in [6.45, 7) is 0. The van der Waals surface area contributed by atoms with Gasteiger partial charge in [-0.2, -0.15) is 0 Å². The highest BCUT2D eigenvalue weighted by Crippen LogP contribution is 2.30. The van der Waals surface area contributed by atoms with Gasteiger partial charge in [-0.1, -0.05) is 36.5 Å². The lowest BCUT2D eigenvalue weighted by Crippen LogP contribution is -1.92. The van der Waals surface area contributed by atoms with Crippen LogP contribution in [-0.4, -0.2) is 12.2 Å². The molecule has 2 aliphatic rings. The Hall–Kier alpha value is -0.820. The van der Waals surface area contributed by atoms with Gasteiger partial charge in [0, 0.05) is 0 Å². The third-order valence-electron chi connectivity index (χ3n) is 3.42. The van der Waals surface area contributed by atoms with Gasteiger partial charge in [-0.15, -0.1) is 0 Å². The van der Waals surface area contributed by atoms with Crippen LogP contribution in [0.1, 0.15) is 51.4 Å². The molecule has 2 unspecified atom stereocenters. The average Bonchev–Trinajstić information content (AvgIpc) is 3.07. The summed E-state index contributed by atoms with van der Waals surface area (Å²) in [5.74, 6) is 0. The van der Waals surface area contributed by atoms with Gasteiger partial charge in [0.15, 0.2) is 0 Å². The van der Waals surface area contributed by atoms with Crippen LogP contribution in [0.25, 0.3) is 0 Å². The number of hydrogen-bond acceptors (Lipinski definition) is 1. The van der Waals surface area contributed by atoms with Crippen LogP contribution in [0, 0.1) is 0 Å². The van der Waals surface area contributed by atoms with Crippen LogP contribution in [0.3, 0.4) is 0 Å². The lowest BCUT2D eigenvalue weighted by molar-refractivity contribution is 0.357. The number of allylic oxidation sites excluding steroid dienone is 6. The van der Waals surface area contributed by atoms with E-state index < -0.39 is 0 Å². The normalized spacial score (nSPS) is 31.1.